The molecular formula is C7H14FP. The predicted molar refractivity (Wildman–Crippen MR) is 41.1 cm³/mol. The molecule has 9 heavy (non-hydrogen) atoms. The molecule has 0 aromatic heterocycles. The third-order valence-electron chi connectivity index (χ3n) is 2.72. The molecule has 0 heterocycles. The van der Waals surface area contributed by atoms with Crippen molar-refractivity contribution in [1.82, 2.24) is 0 Å². The highest BCUT2D eigenvalue weighted by Crippen LogP contribution is 2.59. The van der Waals surface area contributed by atoms with Gasteiger partial charge in [0.15, 0.2) is 0 Å². The standard InChI is InChI=1S/C7H14FP/c1-3-7(6(8)9)4-5(7)2/h5-6H,3-4,9H2,1-2H3/t5-,6?,7?/m0/s1. The largest absolute Gasteiger partial charge is 0.242 e. The van der Waals surface area contributed by atoms with Crippen LogP contribution in [0.1, 0.15) is 26.7 Å². The topological polar surface area (TPSA) is 0 Å². The van der Waals surface area contributed by atoms with Gasteiger partial charge in [-0.3, -0.25) is 0 Å². The summed E-state index contributed by atoms with van der Waals surface area (Å²) in [6.07, 6.45) is 2.06. The van der Waals surface area contributed by atoms with E-state index in [1.54, 1.807) is 0 Å². The second-order valence-electron chi connectivity index (χ2n) is 3.09. The summed E-state index contributed by atoms with van der Waals surface area (Å²) >= 11 is 0. The number of alkyl halides is 1. The predicted octanol–water partition coefficient (Wildman–Crippen LogP) is 2.59. The summed E-state index contributed by atoms with van der Waals surface area (Å²) in [6, 6.07) is 0. The lowest BCUT2D eigenvalue weighted by Crippen LogP contribution is -2.11. The van der Waals surface area contributed by atoms with E-state index in [1.165, 1.54) is 0 Å². The molecular weight excluding hydrogens is 134 g/mol. The minimum atomic E-state index is -0.683. The van der Waals surface area contributed by atoms with Crippen LogP contribution in [0.4, 0.5) is 4.39 Å². The fraction of sp³-hybridized carbons (Fsp3) is 1.00. The van der Waals surface area contributed by atoms with Crippen molar-refractivity contribution in [2.75, 3.05) is 0 Å². The number of hydrogen-bond acceptors (Lipinski definition) is 0. The highest BCUT2D eigenvalue weighted by Gasteiger charge is 2.53. The Morgan fingerprint density at radius 1 is 1.89 bits per heavy atom. The zero-order chi connectivity index (χ0) is 7.07. The van der Waals surface area contributed by atoms with Crippen molar-refractivity contribution in [3.63, 3.8) is 0 Å². The highest BCUT2D eigenvalue weighted by atomic mass is 31.0. The van der Waals surface area contributed by atoms with Gasteiger partial charge in [0.25, 0.3) is 0 Å². The second-order valence-corrected chi connectivity index (χ2v) is 3.68. The summed E-state index contributed by atoms with van der Waals surface area (Å²) in [6.45, 7) is 4.19. The van der Waals surface area contributed by atoms with E-state index in [0.717, 1.165) is 12.8 Å². The molecule has 0 bridgehead atoms. The van der Waals surface area contributed by atoms with Crippen molar-refractivity contribution in [1.29, 1.82) is 0 Å². The van der Waals surface area contributed by atoms with Gasteiger partial charge in [-0.05, 0) is 18.8 Å². The Balaban J connectivity index is 2.52. The van der Waals surface area contributed by atoms with E-state index in [2.05, 4.69) is 23.1 Å². The quantitative estimate of drug-likeness (QED) is 0.528. The van der Waals surface area contributed by atoms with Gasteiger partial charge in [-0.25, -0.2) is 4.39 Å². The minimum Gasteiger partial charge on any atom is -0.242 e. The molecule has 1 aliphatic carbocycles. The van der Waals surface area contributed by atoms with Crippen LogP contribution in [-0.4, -0.2) is 5.91 Å². The average Bonchev–Trinajstić information content (AvgIpc) is 2.43. The molecule has 1 aliphatic rings. The zero-order valence-electron chi connectivity index (χ0n) is 6.02. The van der Waals surface area contributed by atoms with E-state index in [0.29, 0.717) is 5.92 Å². The van der Waals surface area contributed by atoms with E-state index in [-0.39, 0.29) is 5.41 Å². The van der Waals surface area contributed by atoms with Crippen molar-refractivity contribution in [2.45, 2.75) is 32.6 Å². The van der Waals surface area contributed by atoms with Crippen molar-refractivity contribution >= 4 is 9.24 Å². The fourth-order valence-corrected chi connectivity index (χ4v) is 2.28. The lowest BCUT2D eigenvalue weighted by molar-refractivity contribution is 0.276. The molecule has 1 fully saturated rings. The Kier molecular flexibility index (Phi) is 1.82. The summed E-state index contributed by atoms with van der Waals surface area (Å²) in [5, 5.41) is 0. The van der Waals surface area contributed by atoms with Crippen molar-refractivity contribution in [2.24, 2.45) is 11.3 Å². The zero-order valence-corrected chi connectivity index (χ0v) is 7.18. The molecule has 4 atom stereocenters. The van der Waals surface area contributed by atoms with Crippen molar-refractivity contribution in [3.05, 3.63) is 0 Å². The number of halogens is 1. The summed E-state index contributed by atoms with van der Waals surface area (Å²) < 4.78 is 12.8. The van der Waals surface area contributed by atoms with Crippen LogP contribution in [-0.2, 0) is 0 Å². The minimum absolute atomic E-state index is 0.0463. The molecule has 0 radical (unpaired) electrons. The molecule has 54 valence electrons. The molecule has 2 heteroatoms. The highest BCUT2D eigenvalue weighted by molar-refractivity contribution is 7.17. The normalized spacial score (nSPS) is 44.7. The van der Waals surface area contributed by atoms with E-state index in [1.807, 2.05) is 0 Å². The van der Waals surface area contributed by atoms with Crippen LogP contribution in [0.25, 0.3) is 0 Å². The third kappa shape index (κ3) is 1.00. The number of rotatable bonds is 2. The molecule has 1 saturated carbocycles. The van der Waals surface area contributed by atoms with Gasteiger partial charge in [-0.2, -0.15) is 0 Å². The van der Waals surface area contributed by atoms with E-state index in [4.69, 9.17) is 0 Å². The second kappa shape index (κ2) is 2.20. The molecule has 0 N–H and O–H groups in total. The Morgan fingerprint density at radius 2 is 2.33 bits per heavy atom. The SMILES string of the molecule is CCC1(C(F)P)C[C@@H]1C. The van der Waals surface area contributed by atoms with Crippen LogP contribution in [0, 0.1) is 11.3 Å². The van der Waals surface area contributed by atoms with E-state index < -0.39 is 5.91 Å². The average molecular weight is 148 g/mol. The Labute approximate surface area is 58.4 Å². The van der Waals surface area contributed by atoms with E-state index >= 15 is 0 Å². The van der Waals surface area contributed by atoms with Gasteiger partial charge >= 0.3 is 0 Å². The van der Waals surface area contributed by atoms with Gasteiger partial charge in [-0.15, -0.1) is 9.24 Å². The maximum atomic E-state index is 12.8. The van der Waals surface area contributed by atoms with Gasteiger partial charge in [0.1, 0.15) is 5.91 Å². The van der Waals surface area contributed by atoms with Gasteiger partial charge in [0, 0.05) is 5.41 Å². The first kappa shape index (κ1) is 7.47. The lowest BCUT2D eigenvalue weighted by Gasteiger charge is -2.14. The van der Waals surface area contributed by atoms with Crippen LogP contribution in [0.3, 0.4) is 0 Å². The van der Waals surface area contributed by atoms with Crippen LogP contribution in [0.5, 0.6) is 0 Å². The Morgan fingerprint density at radius 3 is 2.33 bits per heavy atom. The fourth-order valence-electron chi connectivity index (χ4n) is 1.58. The Hall–Kier alpha value is 0.360. The first-order valence-corrected chi connectivity index (χ1v) is 4.20. The summed E-state index contributed by atoms with van der Waals surface area (Å²) in [5.41, 5.74) is 0.0463. The monoisotopic (exact) mass is 148 g/mol. The molecule has 3 unspecified atom stereocenters. The van der Waals surface area contributed by atoms with Crippen LogP contribution < -0.4 is 0 Å². The number of hydrogen-bond donors (Lipinski definition) is 0. The van der Waals surface area contributed by atoms with Gasteiger partial charge in [0.2, 0.25) is 0 Å². The van der Waals surface area contributed by atoms with Gasteiger partial charge in [-0.1, -0.05) is 13.8 Å². The molecule has 0 nitrogen and oxygen atoms in total. The molecule has 0 spiro atoms. The molecule has 0 amide bonds. The molecule has 1 rings (SSSR count). The van der Waals surface area contributed by atoms with Crippen LogP contribution in [0.15, 0.2) is 0 Å². The van der Waals surface area contributed by atoms with Gasteiger partial charge < -0.3 is 0 Å². The summed E-state index contributed by atoms with van der Waals surface area (Å²) in [4.78, 5) is 0. The summed E-state index contributed by atoms with van der Waals surface area (Å²) in [5.74, 6) is -0.0764. The van der Waals surface area contributed by atoms with Crippen LogP contribution >= 0.6 is 9.24 Å². The van der Waals surface area contributed by atoms with Crippen molar-refractivity contribution < 1.29 is 4.39 Å². The molecule has 0 aliphatic heterocycles. The molecule has 0 saturated heterocycles. The van der Waals surface area contributed by atoms with Gasteiger partial charge in [0.05, 0.1) is 0 Å². The Bertz CT molecular complexity index is 109. The van der Waals surface area contributed by atoms with Crippen LogP contribution in [0.2, 0.25) is 0 Å². The lowest BCUT2D eigenvalue weighted by atomic mass is 10.0. The third-order valence-corrected chi connectivity index (χ3v) is 3.38. The van der Waals surface area contributed by atoms with Crippen molar-refractivity contribution in [3.8, 4) is 0 Å². The first-order chi connectivity index (χ1) is 4.13. The smallest absolute Gasteiger partial charge is 0.119 e. The van der Waals surface area contributed by atoms with E-state index in [9.17, 15) is 4.39 Å². The maximum Gasteiger partial charge on any atom is 0.119 e. The summed E-state index contributed by atoms with van der Waals surface area (Å²) in [7, 11) is 2.27. The first-order valence-electron chi connectivity index (χ1n) is 3.53. The molecule has 0 aromatic rings. The maximum absolute atomic E-state index is 12.8. The molecule has 0 aromatic carbocycles.